The summed E-state index contributed by atoms with van der Waals surface area (Å²) in [5.74, 6) is -0.878. The van der Waals surface area contributed by atoms with Gasteiger partial charge in [0.05, 0.1) is 18.8 Å². The Labute approximate surface area is 163 Å². The van der Waals surface area contributed by atoms with Crippen LogP contribution in [0.4, 0.5) is 14.5 Å². The zero-order valence-corrected chi connectivity index (χ0v) is 15.7. The fourth-order valence-electron chi connectivity index (χ4n) is 4.15. The number of para-hydroxylation sites is 1. The van der Waals surface area contributed by atoms with Crippen LogP contribution in [0.2, 0.25) is 0 Å². The molecule has 1 amide bonds. The lowest BCUT2D eigenvalue weighted by Crippen LogP contribution is -2.38. The van der Waals surface area contributed by atoms with Crippen LogP contribution in [-0.4, -0.2) is 50.2 Å². The first-order chi connectivity index (χ1) is 13.6. The molecule has 0 saturated carbocycles. The van der Waals surface area contributed by atoms with Crippen molar-refractivity contribution in [2.24, 2.45) is 5.92 Å². The second-order valence-corrected chi connectivity index (χ2v) is 7.50. The van der Waals surface area contributed by atoms with Crippen LogP contribution in [0.5, 0.6) is 0 Å². The van der Waals surface area contributed by atoms with E-state index in [1.807, 2.05) is 29.2 Å². The Balaban J connectivity index is 1.45. The van der Waals surface area contributed by atoms with Gasteiger partial charge < -0.3 is 14.5 Å². The summed E-state index contributed by atoms with van der Waals surface area (Å²) in [6.45, 7) is 4.15. The van der Waals surface area contributed by atoms with Crippen LogP contribution >= 0.6 is 0 Å². The summed E-state index contributed by atoms with van der Waals surface area (Å²) in [7, 11) is 0. The minimum absolute atomic E-state index is 0.0232. The van der Waals surface area contributed by atoms with E-state index >= 15 is 0 Å². The molecular weight excluding hydrogens is 362 g/mol. The molecule has 0 aliphatic carbocycles. The molecule has 28 heavy (non-hydrogen) atoms. The molecule has 4 nitrogen and oxygen atoms in total. The fourth-order valence-corrected chi connectivity index (χ4v) is 4.15. The average molecular weight is 386 g/mol. The van der Waals surface area contributed by atoms with Gasteiger partial charge in [0.1, 0.15) is 11.6 Å². The highest BCUT2D eigenvalue weighted by Gasteiger charge is 2.29. The molecule has 0 spiro atoms. The van der Waals surface area contributed by atoms with E-state index < -0.39 is 11.6 Å². The first-order valence-corrected chi connectivity index (χ1v) is 9.76. The van der Waals surface area contributed by atoms with Gasteiger partial charge in [-0.1, -0.05) is 12.1 Å². The number of carbonyl (C=O) groups is 1. The number of halogens is 2. The number of rotatable bonds is 4. The number of carbonyl (C=O) groups excluding carboxylic acids is 1. The van der Waals surface area contributed by atoms with E-state index in [1.165, 1.54) is 12.1 Å². The predicted molar refractivity (Wildman–Crippen MR) is 104 cm³/mol. The molecule has 4 rings (SSSR count). The number of nitrogens with zero attached hydrogens (tertiary/aromatic N) is 2. The molecule has 2 saturated heterocycles. The van der Waals surface area contributed by atoms with Gasteiger partial charge in [0.2, 0.25) is 0 Å². The van der Waals surface area contributed by atoms with Crippen LogP contribution in [-0.2, 0) is 11.2 Å². The quantitative estimate of drug-likeness (QED) is 0.806. The number of benzene rings is 2. The monoisotopic (exact) mass is 386 g/mol. The summed E-state index contributed by atoms with van der Waals surface area (Å²) < 4.78 is 32.3. The van der Waals surface area contributed by atoms with Gasteiger partial charge in [-0.15, -0.1) is 0 Å². The Morgan fingerprint density at radius 2 is 1.75 bits per heavy atom. The third-order valence-corrected chi connectivity index (χ3v) is 5.51. The molecule has 2 aromatic rings. The summed E-state index contributed by atoms with van der Waals surface area (Å²) in [6.07, 6.45) is 1.41. The molecule has 0 aromatic heterocycles. The number of amides is 1. The number of hydrogen-bond acceptors (Lipinski definition) is 3. The second-order valence-electron chi connectivity index (χ2n) is 7.50. The van der Waals surface area contributed by atoms with E-state index in [4.69, 9.17) is 4.74 Å². The van der Waals surface area contributed by atoms with Crippen molar-refractivity contribution in [2.75, 3.05) is 44.3 Å². The Bertz CT molecular complexity index is 832. The fraction of sp³-hybridized carbons (Fsp3) is 0.409. The molecule has 148 valence electrons. The van der Waals surface area contributed by atoms with Gasteiger partial charge in [0.15, 0.2) is 0 Å². The Morgan fingerprint density at radius 1 is 1.04 bits per heavy atom. The average Bonchev–Trinajstić information content (AvgIpc) is 3.16. The normalized spacial score (nSPS) is 19.9. The van der Waals surface area contributed by atoms with Crippen LogP contribution in [0.3, 0.4) is 0 Å². The van der Waals surface area contributed by atoms with E-state index in [2.05, 4.69) is 4.90 Å². The zero-order chi connectivity index (χ0) is 19.5. The van der Waals surface area contributed by atoms with E-state index in [1.54, 1.807) is 0 Å². The minimum atomic E-state index is -0.555. The number of hydrogen-bond donors (Lipinski definition) is 0. The summed E-state index contributed by atoms with van der Waals surface area (Å²) in [4.78, 5) is 17.2. The molecule has 2 aromatic carbocycles. The molecule has 6 heteroatoms. The number of likely N-dealkylation sites (tertiary alicyclic amines) is 1. The lowest BCUT2D eigenvalue weighted by Gasteiger charge is -2.31. The first-order valence-electron chi connectivity index (χ1n) is 9.76. The van der Waals surface area contributed by atoms with Crippen molar-refractivity contribution in [2.45, 2.75) is 12.8 Å². The topological polar surface area (TPSA) is 32.8 Å². The molecule has 2 heterocycles. The Kier molecular flexibility index (Phi) is 5.57. The van der Waals surface area contributed by atoms with E-state index in [0.29, 0.717) is 43.9 Å². The maximum absolute atomic E-state index is 13.4. The van der Waals surface area contributed by atoms with E-state index in [9.17, 15) is 13.6 Å². The third kappa shape index (κ3) is 4.17. The van der Waals surface area contributed by atoms with E-state index in [0.717, 1.165) is 31.3 Å². The Hall–Kier alpha value is -2.47. The van der Waals surface area contributed by atoms with Crippen molar-refractivity contribution >= 4 is 11.6 Å². The maximum atomic E-state index is 13.4. The van der Waals surface area contributed by atoms with Crippen molar-refractivity contribution < 1.29 is 18.3 Å². The molecule has 2 fully saturated rings. The van der Waals surface area contributed by atoms with Crippen molar-refractivity contribution in [1.29, 1.82) is 0 Å². The van der Waals surface area contributed by atoms with Gasteiger partial charge in [-0.3, -0.25) is 4.79 Å². The predicted octanol–water partition coefficient (Wildman–Crippen LogP) is 3.51. The highest BCUT2D eigenvalue weighted by Crippen LogP contribution is 2.27. The minimum Gasteiger partial charge on any atom is -0.378 e. The molecule has 1 unspecified atom stereocenters. The van der Waals surface area contributed by atoms with E-state index in [-0.39, 0.29) is 11.8 Å². The lowest BCUT2D eigenvalue weighted by atomic mass is 9.98. The number of morpholine rings is 1. The maximum Gasteiger partial charge on any atom is 0.255 e. The highest BCUT2D eigenvalue weighted by atomic mass is 19.1. The summed E-state index contributed by atoms with van der Waals surface area (Å²) >= 11 is 0. The summed E-state index contributed by atoms with van der Waals surface area (Å²) in [6, 6.07) is 11.3. The van der Waals surface area contributed by atoms with Crippen molar-refractivity contribution in [3.63, 3.8) is 0 Å². The molecule has 0 bridgehead atoms. The van der Waals surface area contributed by atoms with Crippen molar-refractivity contribution in [3.05, 3.63) is 65.2 Å². The largest absolute Gasteiger partial charge is 0.378 e. The van der Waals surface area contributed by atoms with Gasteiger partial charge in [-0.05, 0) is 48.6 Å². The molecule has 2 aliphatic heterocycles. The molecule has 0 N–H and O–H groups in total. The first kappa shape index (κ1) is 18.9. The molecule has 2 aliphatic rings. The van der Waals surface area contributed by atoms with Crippen LogP contribution in [0, 0.1) is 17.6 Å². The van der Waals surface area contributed by atoms with Gasteiger partial charge in [-0.25, -0.2) is 8.78 Å². The number of anilines is 1. The standard InChI is InChI=1S/C22H24F2N2O2/c23-18-12-17(13-19(24)14-18)11-16-5-6-26(15-16)22(27)20-3-1-2-4-21(20)25-7-9-28-10-8-25/h1-4,12-14,16H,5-11,15H2. The lowest BCUT2D eigenvalue weighted by molar-refractivity contribution is 0.0786. The molecule has 0 radical (unpaired) electrons. The van der Waals surface area contributed by atoms with Crippen molar-refractivity contribution in [3.8, 4) is 0 Å². The van der Waals surface area contributed by atoms with Gasteiger partial charge >= 0.3 is 0 Å². The second kappa shape index (κ2) is 8.27. The van der Waals surface area contributed by atoms with Gasteiger partial charge in [0, 0.05) is 37.9 Å². The van der Waals surface area contributed by atoms with Crippen molar-refractivity contribution in [1.82, 2.24) is 4.90 Å². The van der Waals surface area contributed by atoms with Crippen LogP contribution in [0.1, 0.15) is 22.3 Å². The molecule has 1 atom stereocenters. The number of ether oxygens (including phenoxy) is 1. The molecular formula is C22H24F2N2O2. The SMILES string of the molecule is O=C(c1ccccc1N1CCOCC1)N1CCC(Cc2cc(F)cc(F)c2)C1. The zero-order valence-electron chi connectivity index (χ0n) is 15.7. The third-order valence-electron chi connectivity index (χ3n) is 5.51. The van der Waals surface area contributed by atoms with Gasteiger partial charge in [0.25, 0.3) is 5.91 Å². The highest BCUT2D eigenvalue weighted by molar-refractivity contribution is 6.00. The Morgan fingerprint density at radius 3 is 2.50 bits per heavy atom. The summed E-state index contributed by atoms with van der Waals surface area (Å²) in [5, 5.41) is 0. The van der Waals surface area contributed by atoms with Crippen LogP contribution < -0.4 is 4.90 Å². The van der Waals surface area contributed by atoms with Gasteiger partial charge in [-0.2, -0.15) is 0 Å². The smallest absolute Gasteiger partial charge is 0.255 e. The van der Waals surface area contributed by atoms with Crippen LogP contribution in [0.25, 0.3) is 0 Å². The summed E-state index contributed by atoms with van der Waals surface area (Å²) in [5.41, 5.74) is 2.30. The van der Waals surface area contributed by atoms with Crippen LogP contribution in [0.15, 0.2) is 42.5 Å².